The first-order chi connectivity index (χ1) is 17.0. The maximum Gasteiger partial charge on any atom is 0.339 e. The van der Waals surface area contributed by atoms with E-state index in [9.17, 15) is 25.2 Å². The Labute approximate surface area is 220 Å². The predicted octanol–water partition coefficient (Wildman–Crippen LogP) is 7.32. The van der Waals surface area contributed by atoms with Gasteiger partial charge in [-0.2, -0.15) is 0 Å². The lowest BCUT2D eigenvalue weighted by Crippen LogP contribution is -2.27. The molecule has 0 saturated carbocycles. The number of rotatable bonds is 7. The topological polar surface area (TPSA) is 98.0 Å². The van der Waals surface area contributed by atoms with Gasteiger partial charge >= 0.3 is 5.97 Å². The Kier molecular flexibility index (Phi) is 7.69. The van der Waals surface area contributed by atoms with Crippen LogP contribution in [0, 0.1) is 26.2 Å². The standard InChI is InChI=1S/C32H40O5/c1-18-11-20(3)27(33)22(12-18)16-24-14-19(2)13-23(28(24)34)15-21-9-10-25(26(29(21)35)30(36)37)32(7,8)17-31(4,5)6/h9-14,33-35H,15-17H2,1-8H3,(H,36,37). The van der Waals surface area contributed by atoms with Gasteiger partial charge in [0, 0.05) is 12.8 Å². The van der Waals surface area contributed by atoms with Crippen molar-refractivity contribution in [1.82, 2.24) is 0 Å². The normalized spacial score (nSPS) is 12.1. The zero-order chi connectivity index (χ0) is 27.9. The molecule has 0 heterocycles. The van der Waals surface area contributed by atoms with Crippen molar-refractivity contribution in [2.24, 2.45) is 5.41 Å². The number of phenolic OH excluding ortho intramolecular Hbond substituents is 2. The molecular weight excluding hydrogens is 464 g/mol. The van der Waals surface area contributed by atoms with Crippen molar-refractivity contribution in [3.05, 3.63) is 86.5 Å². The third kappa shape index (κ3) is 6.27. The monoisotopic (exact) mass is 504 g/mol. The summed E-state index contributed by atoms with van der Waals surface area (Å²) in [6, 6.07) is 11.1. The van der Waals surface area contributed by atoms with Crippen LogP contribution in [-0.2, 0) is 18.3 Å². The van der Waals surface area contributed by atoms with Crippen molar-refractivity contribution in [1.29, 1.82) is 0 Å². The van der Waals surface area contributed by atoms with Crippen LogP contribution in [0.15, 0.2) is 36.4 Å². The molecule has 0 fully saturated rings. The maximum absolute atomic E-state index is 12.3. The second-order valence-corrected chi connectivity index (χ2v) is 12.3. The Bertz CT molecular complexity index is 1340. The van der Waals surface area contributed by atoms with E-state index in [4.69, 9.17) is 0 Å². The molecule has 0 spiro atoms. The highest BCUT2D eigenvalue weighted by Gasteiger charge is 2.33. The van der Waals surface area contributed by atoms with Crippen LogP contribution in [0.4, 0.5) is 0 Å². The molecule has 0 bridgehead atoms. The number of aromatic hydroxyl groups is 3. The Balaban J connectivity index is 2.05. The van der Waals surface area contributed by atoms with E-state index in [2.05, 4.69) is 20.8 Å². The van der Waals surface area contributed by atoms with Gasteiger partial charge in [-0.3, -0.25) is 0 Å². The molecule has 3 aromatic rings. The summed E-state index contributed by atoms with van der Waals surface area (Å²) in [5.74, 6) is -1.14. The average molecular weight is 505 g/mol. The number of carbonyl (C=O) groups is 1. The first-order valence-electron chi connectivity index (χ1n) is 12.7. The van der Waals surface area contributed by atoms with Gasteiger partial charge in [-0.1, -0.05) is 82.1 Å². The molecule has 0 radical (unpaired) electrons. The van der Waals surface area contributed by atoms with Crippen LogP contribution in [0.2, 0.25) is 0 Å². The van der Waals surface area contributed by atoms with Gasteiger partial charge in [-0.15, -0.1) is 0 Å². The summed E-state index contributed by atoms with van der Waals surface area (Å²) in [4.78, 5) is 12.3. The van der Waals surface area contributed by atoms with E-state index < -0.39 is 11.4 Å². The molecule has 3 aromatic carbocycles. The first-order valence-corrected chi connectivity index (χ1v) is 12.7. The zero-order valence-corrected chi connectivity index (χ0v) is 23.3. The fourth-order valence-electron chi connectivity index (χ4n) is 5.78. The molecule has 5 nitrogen and oxygen atoms in total. The highest BCUT2D eigenvalue weighted by molar-refractivity contribution is 5.93. The van der Waals surface area contributed by atoms with Gasteiger partial charge in [0.2, 0.25) is 0 Å². The van der Waals surface area contributed by atoms with Gasteiger partial charge in [0.25, 0.3) is 0 Å². The zero-order valence-electron chi connectivity index (χ0n) is 23.3. The first kappa shape index (κ1) is 28.1. The molecule has 0 saturated heterocycles. The Morgan fingerprint density at radius 3 is 1.70 bits per heavy atom. The van der Waals surface area contributed by atoms with Gasteiger partial charge in [-0.05, 0) is 71.4 Å². The Morgan fingerprint density at radius 2 is 1.19 bits per heavy atom. The molecule has 0 atom stereocenters. The quantitative estimate of drug-likeness (QED) is 0.270. The molecule has 0 amide bonds. The molecule has 3 rings (SSSR count). The van der Waals surface area contributed by atoms with Crippen molar-refractivity contribution < 1.29 is 25.2 Å². The van der Waals surface area contributed by atoms with Gasteiger partial charge in [0.15, 0.2) is 0 Å². The van der Waals surface area contributed by atoms with E-state index in [0.717, 1.165) is 28.7 Å². The van der Waals surface area contributed by atoms with E-state index in [0.29, 0.717) is 28.7 Å². The van der Waals surface area contributed by atoms with Gasteiger partial charge in [0.1, 0.15) is 22.8 Å². The summed E-state index contributed by atoms with van der Waals surface area (Å²) in [5.41, 5.74) is 5.17. The lowest BCUT2D eigenvalue weighted by atomic mass is 9.70. The van der Waals surface area contributed by atoms with Crippen molar-refractivity contribution in [2.45, 2.75) is 80.1 Å². The van der Waals surface area contributed by atoms with Crippen LogP contribution >= 0.6 is 0 Å². The SMILES string of the molecule is Cc1cc(C)c(O)c(Cc2cc(C)cc(Cc3ccc(C(C)(C)CC(C)(C)C)c(C(=O)O)c3O)c2O)c1. The average Bonchev–Trinajstić information content (AvgIpc) is 2.73. The summed E-state index contributed by atoms with van der Waals surface area (Å²) in [5, 5.41) is 42.9. The molecule has 37 heavy (non-hydrogen) atoms. The molecule has 4 N–H and O–H groups in total. The predicted molar refractivity (Wildman–Crippen MR) is 148 cm³/mol. The molecule has 0 aliphatic rings. The number of carboxylic acids is 1. The number of hydrogen-bond acceptors (Lipinski definition) is 4. The second kappa shape index (κ2) is 10.1. The minimum Gasteiger partial charge on any atom is -0.507 e. The van der Waals surface area contributed by atoms with Crippen molar-refractivity contribution in [3.8, 4) is 17.2 Å². The second-order valence-electron chi connectivity index (χ2n) is 12.3. The Morgan fingerprint density at radius 1 is 0.703 bits per heavy atom. The number of phenols is 3. The number of benzene rings is 3. The summed E-state index contributed by atoms with van der Waals surface area (Å²) in [6.45, 7) is 16.1. The minimum atomic E-state index is -1.17. The van der Waals surface area contributed by atoms with Crippen LogP contribution in [0.5, 0.6) is 17.2 Å². The summed E-state index contributed by atoms with van der Waals surface area (Å²) < 4.78 is 0. The molecule has 5 heteroatoms. The van der Waals surface area contributed by atoms with Crippen LogP contribution < -0.4 is 0 Å². The molecule has 0 aliphatic heterocycles. The van der Waals surface area contributed by atoms with Crippen LogP contribution in [0.25, 0.3) is 0 Å². The number of aryl methyl sites for hydroxylation is 3. The highest BCUT2D eigenvalue weighted by Crippen LogP contribution is 2.42. The highest BCUT2D eigenvalue weighted by atomic mass is 16.4. The smallest absolute Gasteiger partial charge is 0.339 e. The lowest BCUT2D eigenvalue weighted by molar-refractivity contribution is 0.0689. The molecule has 0 aliphatic carbocycles. The van der Waals surface area contributed by atoms with Gasteiger partial charge < -0.3 is 20.4 Å². The van der Waals surface area contributed by atoms with Crippen molar-refractivity contribution >= 4 is 5.97 Å². The van der Waals surface area contributed by atoms with E-state index in [-0.39, 0.29) is 34.6 Å². The summed E-state index contributed by atoms with van der Waals surface area (Å²) >= 11 is 0. The fraction of sp³-hybridized carbons (Fsp3) is 0.406. The third-order valence-electron chi connectivity index (χ3n) is 6.87. The summed E-state index contributed by atoms with van der Waals surface area (Å²) in [7, 11) is 0. The van der Waals surface area contributed by atoms with E-state index in [1.165, 1.54) is 0 Å². The molecular formula is C32H40O5. The number of aromatic carboxylic acids is 1. The molecule has 0 aromatic heterocycles. The molecule has 0 unspecified atom stereocenters. The fourth-order valence-corrected chi connectivity index (χ4v) is 5.78. The summed E-state index contributed by atoms with van der Waals surface area (Å²) in [6.07, 6.45) is 1.26. The number of carboxylic acid groups (broad SMARTS) is 1. The van der Waals surface area contributed by atoms with Crippen LogP contribution in [0.3, 0.4) is 0 Å². The lowest BCUT2D eigenvalue weighted by Gasteiger charge is -2.34. The molecule has 198 valence electrons. The number of hydrogen-bond donors (Lipinski definition) is 4. The van der Waals surface area contributed by atoms with E-state index in [1.54, 1.807) is 12.1 Å². The largest absolute Gasteiger partial charge is 0.507 e. The van der Waals surface area contributed by atoms with Crippen molar-refractivity contribution in [3.63, 3.8) is 0 Å². The maximum atomic E-state index is 12.3. The third-order valence-corrected chi connectivity index (χ3v) is 6.87. The van der Waals surface area contributed by atoms with E-state index >= 15 is 0 Å². The minimum absolute atomic E-state index is 0.0262. The van der Waals surface area contributed by atoms with Crippen LogP contribution in [0.1, 0.15) is 95.9 Å². The van der Waals surface area contributed by atoms with Gasteiger partial charge in [0.05, 0.1) is 0 Å². The Hall–Kier alpha value is -3.47. The van der Waals surface area contributed by atoms with Crippen molar-refractivity contribution in [2.75, 3.05) is 0 Å². The van der Waals surface area contributed by atoms with E-state index in [1.807, 2.05) is 58.9 Å². The van der Waals surface area contributed by atoms with Crippen LogP contribution in [-0.4, -0.2) is 26.4 Å². The van der Waals surface area contributed by atoms with Gasteiger partial charge in [-0.25, -0.2) is 4.79 Å².